The Morgan fingerprint density at radius 3 is 2.58 bits per heavy atom. The molecule has 0 atom stereocenters. The fourth-order valence-corrected chi connectivity index (χ4v) is 2.98. The Balaban J connectivity index is 1.52. The molecule has 1 aromatic carbocycles. The van der Waals surface area contributed by atoms with Crippen molar-refractivity contribution in [2.24, 2.45) is 0 Å². The number of ether oxygens (including phenoxy) is 2. The molecule has 26 heavy (non-hydrogen) atoms. The lowest BCUT2D eigenvalue weighted by Gasteiger charge is -2.31. The molecule has 1 aliphatic heterocycles. The first-order chi connectivity index (χ1) is 12.7. The van der Waals surface area contributed by atoms with Gasteiger partial charge in [-0.1, -0.05) is 0 Å². The summed E-state index contributed by atoms with van der Waals surface area (Å²) < 4.78 is 10.5. The number of nitrogens with zero attached hydrogens (tertiary/aromatic N) is 3. The molecule has 1 fully saturated rings. The van der Waals surface area contributed by atoms with Crippen LogP contribution in [0.1, 0.15) is 0 Å². The van der Waals surface area contributed by atoms with Gasteiger partial charge in [0.05, 0.1) is 46.1 Å². The third-order valence-corrected chi connectivity index (χ3v) is 4.40. The third kappa shape index (κ3) is 4.40. The SMILES string of the molecule is COc1ccc(NC(=O)C[NH+]2CCN(c3ncccn3)CC2)c(OC)c1. The summed E-state index contributed by atoms with van der Waals surface area (Å²) in [5.74, 6) is 1.98. The number of hydrogen-bond donors (Lipinski definition) is 2. The van der Waals surface area contributed by atoms with Gasteiger partial charge in [-0.15, -0.1) is 0 Å². The number of hydrogen-bond acceptors (Lipinski definition) is 6. The number of aromatic nitrogens is 2. The maximum Gasteiger partial charge on any atom is 0.279 e. The quantitative estimate of drug-likeness (QED) is 0.747. The average molecular weight is 358 g/mol. The van der Waals surface area contributed by atoms with Crippen molar-refractivity contribution in [3.05, 3.63) is 36.7 Å². The van der Waals surface area contributed by atoms with Crippen LogP contribution in [0.15, 0.2) is 36.7 Å². The highest BCUT2D eigenvalue weighted by Crippen LogP contribution is 2.28. The van der Waals surface area contributed by atoms with Gasteiger partial charge in [0.2, 0.25) is 5.95 Å². The number of anilines is 2. The summed E-state index contributed by atoms with van der Waals surface area (Å²) >= 11 is 0. The molecular weight excluding hydrogens is 334 g/mol. The second-order valence-electron chi connectivity index (χ2n) is 6.08. The molecule has 0 radical (unpaired) electrons. The van der Waals surface area contributed by atoms with E-state index in [-0.39, 0.29) is 5.91 Å². The van der Waals surface area contributed by atoms with Gasteiger partial charge in [-0.25, -0.2) is 9.97 Å². The largest absolute Gasteiger partial charge is 0.497 e. The third-order valence-electron chi connectivity index (χ3n) is 4.40. The van der Waals surface area contributed by atoms with E-state index < -0.39 is 0 Å². The lowest BCUT2D eigenvalue weighted by molar-refractivity contribution is -0.892. The topological polar surface area (TPSA) is 81.0 Å². The van der Waals surface area contributed by atoms with E-state index in [2.05, 4.69) is 20.2 Å². The molecule has 138 valence electrons. The standard InChI is InChI=1S/C18H23N5O3/c1-25-14-4-5-15(16(12-14)26-2)21-17(24)13-22-8-10-23(11-9-22)18-19-6-3-7-20-18/h3-7,12H,8-11,13H2,1-2H3,(H,21,24)/p+1. The van der Waals surface area contributed by atoms with Gasteiger partial charge in [-0.3, -0.25) is 4.79 Å². The first-order valence-corrected chi connectivity index (χ1v) is 8.57. The number of amides is 1. The number of quaternary nitrogens is 1. The second kappa shape index (κ2) is 8.48. The molecule has 3 rings (SSSR count). The summed E-state index contributed by atoms with van der Waals surface area (Å²) in [5, 5.41) is 2.92. The van der Waals surface area contributed by atoms with Gasteiger partial charge in [0, 0.05) is 18.5 Å². The Bertz CT molecular complexity index is 733. The highest BCUT2D eigenvalue weighted by molar-refractivity contribution is 5.93. The zero-order chi connectivity index (χ0) is 18.4. The molecule has 1 aromatic heterocycles. The fourth-order valence-electron chi connectivity index (χ4n) is 2.98. The summed E-state index contributed by atoms with van der Waals surface area (Å²) in [6.45, 7) is 3.81. The van der Waals surface area contributed by atoms with E-state index >= 15 is 0 Å². The maximum atomic E-state index is 12.4. The van der Waals surface area contributed by atoms with Gasteiger partial charge >= 0.3 is 0 Å². The zero-order valence-corrected chi connectivity index (χ0v) is 15.1. The minimum Gasteiger partial charge on any atom is -0.497 e. The van der Waals surface area contributed by atoms with Gasteiger partial charge < -0.3 is 24.6 Å². The smallest absolute Gasteiger partial charge is 0.279 e. The van der Waals surface area contributed by atoms with Crippen LogP contribution in [0.4, 0.5) is 11.6 Å². The number of carbonyl (C=O) groups is 1. The van der Waals surface area contributed by atoms with Crippen LogP contribution in [0.5, 0.6) is 11.5 Å². The van der Waals surface area contributed by atoms with E-state index in [1.807, 2.05) is 6.07 Å². The van der Waals surface area contributed by atoms with E-state index in [4.69, 9.17) is 9.47 Å². The Hall–Kier alpha value is -2.87. The van der Waals surface area contributed by atoms with E-state index in [1.54, 1.807) is 44.8 Å². The molecule has 8 nitrogen and oxygen atoms in total. The summed E-state index contributed by atoms with van der Waals surface area (Å²) in [5.41, 5.74) is 0.647. The minimum absolute atomic E-state index is 0.0344. The maximum absolute atomic E-state index is 12.4. The minimum atomic E-state index is -0.0344. The molecule has 2 heterocycles. The van der Waals surface area contributed by atoms with Crippen LogP contribution >= 0.6 is 0 Å². The molecule has 0 spiro atoms. The molecule has 1 saturated heterocycles. The van der Waals surface area contributed by atoms with E-state index in [0.717, 1.165) is 32.1 Å². The highest BCUT2D eigenvalue weighted by Gasteiger charge is 2.23. The van der Waals surface area contributed by atoms with E-state index in [0.29, 0.717) is 23.7 Å². The number of benzene rings is 1. The molecule has 0 bridgehead atoms. The molecule has 2 aromatic rings. The van der Waals surface area contributed by atoms with Gasteiger partial charge in [-0.2, -0.15) is 0 Å². The number of methoxy groups -OCH3 is 2. The summed E-state index contributed by atoms with van der Waals surface area (Å²) in [6, 6.07) is 7.14. The van der Waals surface area contributed by atoms with Crippen LogP contribution in [0.2, 0.25) is 0 Å². The van der Waals surface area contributed by atoms with Gasteiger partial charge in [-0.05, 0) is 18.2 Å². The number of carbonyl (C=O) groups excluding carboxylic acids is 1. The predicted octanol–water partition coefficient (Wildman–Crippen LogP) is -0.163. The number of piperazine rings is 1. The van der Waals surface area contributed by atoms with Crippen molar-refractivity contribution in [3.63, 3.8) is 0 Å². The van der Waals surface area contributed by atoms with Gasteiger partial charge in [0.15, 0.2) is 6.54 Å². The van der Waals surface area contributed by atoms with Crippen molar-refractivity contribution in [2.45, 2.75) is 0 Å². The summed E-state index contributed by atoms with van der Waals surface area (Å²) in [7, 11) is 3.16. The molecule has 1 aliphatic rings. The van der Waals surface area contributed by atoms with Crippen molar-refractivity contribution in [1.82, 2.24) is 9.97 Å². The van der Waals surface area contributed by atoms with Crippen LogP contribution in [-0.2, 0) is 4.79 Å². The van der Waals surface area contributed by atoms with Crippen LogP contribution in [0, 0.1) is 0 Å². The molecule has 1 amide bonds. The number of rotatable bonds is 6. The predicted molar refractivity (Wildman–Crippen MR) is 98.0 cm³/mol. The lowest BCUT2D eigenvalue weighted by Crippen LogP contribution is -3.15. The molecule has 8 heteroatoms. The van der Waals surface area contributed by atoms with Crippen LogP contribution in [0.25, 0.3) is 0 Å². The fraction of sp³-hybridized carbons (Fsp3) is 0.389. The zero-order valence-electron chi connectivity index (χ0n) is 15.1. The van der Waals surface area contributed by atoms with Crippen molar-refractivity contribution in [2.75, 3.05) is 57.2 Å². The molecular formula is C18H24N5O3+. The Morgan fingerprint density at radius 1 is 1.19 bits per heavy atom. The second-order valence-corrected chi connectivity index (χ2v) is 6.08. The lowest BCUT2D eigenvalue weighted by atomic mass is 10.2. The highest BCUT2D eigenvalue weighted by atomic mass is 16.5. The summed E-state index contributed by atoms with van der Waals surface area (Å²) in [4.78, 5) is 24.3. The van der Waals surface area contributed by atoms with Gasteiger partial charge in [0.25, 0.3) is 5.91 Å². The van der Waals surface area contributed by atoms with Crippen LogP contribution in [-0.4, -0.2) is 62.8 Å². The van der Waals surface area contributed by atoms with Crippen molar-refractivity contribution < 1.29 is 19.2 Å². The first kappa shape index (κ1) is 17.9. The van der Waals surface area contributed by atoms with Crippen molar-refractivity contribution in [3.8, 4) is 11.5 Å². The Morgan fingerprint density at radius 2 is 1.92 bits per heavy atom. The van der Waals surface area contributed by atoms with Crippen LogP contribution in [0.3, 0.4) is 0 Å². The van der Waals surface area contributed by atoms with Gasteiger partial charge in [0.1, 0.15) is 11.5 Å². The van der Waals surface area contributed by atoms with E-state index in [9.17, 15) is 4.79 Å². The van der Waals surface area contributed by atoms with Crippen molar-refractivity contribution in [1.29, 1.82) is 0 Å². The van der Waals surface area contributed by atoms with Crippen molar-refractivity contribution >= 4 is 17.5 Å². The number of nitrogens with one attached hydrogen (secondary N) is 2. The Labute approximate surface area is 152 Å². The first-order valence-electron chi connectivity index (χ1n) is 8.57. The monoisotopic (exact) mass is 358 g/mol. The van der Waals surface area contributed by atoms with Crippen LogP contribution < -0.4 is 24.6 Å². The molecule has 0 aliphatic carbocycles. The molecule has 0 saturated carbocycles. The normalized spacial score (nSPS) is 14.8. The average Bonchev–Trinajstić information content (AvgIpc) is 2.69. The Kier molecular flexibility index (Phi) is 5.85. The molecule has 0 unspecified atom stereocenters. The van der Waals surface area contributed by atoms with E-state index in [1.165, 1.54) is 4.90 Å². The molecule has 2 N–H and O–H groups in total. The summed E-state index contributed by atoms with van der Waals surface area (Å²) in [6.07, 6.45) is 3.49.